The Hall–Kier alpha value is -3.36. The maximum Gasteiger partial charge on any atom is 0.261 e. The van der Waals surface area contributed by atoms with Crippen molar-refractivity contribution in [3.63, 3.8) is 0 Å². The van der Waals surface area contributed by atoms with Gasteiger partial charge in [-0.3, -0.25) is 9.52 Å². The minimum atomic E-state index is -3.96. The molecule has 0 aliphatic carbocycles. The highest BCUT2D eigenvalue weighted by atomic mass is 35.5. The molecule has 0 saturated heterocycles. The van der Waals surface area contributed by atoms with Gasteiger partial charge in [0, 0.05) is 35.8 Å². The third-order valence-electron chi connectivity index (χ3n) is 7.50. The van der Waals surface area contributed by atoms with Gasteiger partial charge >= 0.3 is 0 Å². The maximum atomic E-state index is 13.5. The number of likely N-dealkylation sites (N-methyl/N-ethyl adjacent to an activating group) is 1. The third-order valence-corrected chi connectivity index (χ3v) is 11.0. The van der Waals surface area contributed by atoms with E-state index >= 15 is 0 Å². The number of ether oxygens (including phenoxy) is 2. The van der Waals surface area contributed by atoms with Gasteiger partial charge in [0.25, 0.3) is 10.0 Å². The minimum Gasteiger partial charge on any atom is -0.497 e. The second kappa shape index (κ2) is 13.7. The summed E-state index contributed by atoms with van der Waals surface area (Å²) in [5.74, 6) is 0.198. The number of nitrogens with one attached hydrogen (secondary N) is 1. The van der Waals surface area contributed by atoms with Crippen molar-refractivity contribution >= 4 is 43.2 Å². The summed E-state index contributed by atoms with van der Waals surface area (Å²) in [6.45, 7) is 3.45. The number of methoxy groups -OCH3 is 1. The van der Waals surface area contributed by atoms with E-state index in [1.54, 1.807) is 30.0 Å². The van der Waals surface area contributed by atoms with Gasteiger partial charge in [0.2, 0.25) is 15.9 Å². The van der Waals surface area contributed by atoms with E-state index in [1.165, 1.54) is 67.0 Å². The number of nitrogens with zero attached hydrogens (tertiary/aromatic N) is 2. The molecular weight excluding hydrogens is 630 g/mol. The zero-order valence-electron chi connectivity index (χ0n) is 24.8. The van der Waals surface area contributed by atoms with Gasteiger partial charge in [0.15, 0.2) is 0 Å². The van der Waals surface area contributed by atoms with Crippen molar-refractivity contribution in [2.45, 2.75) is 42.2 Å². The lowest BCUT2D eigenvalue weighted by Crippen LogP contribution is -2.48. The zero-order valence-corrected chi connectivity index (χ0v) is 27.2. The van der Waals surface area contributed by atoms with E-state index in [0.29, 0.717) is 22.1 Å². The van der Waals surface area contributed by atoms with Gasteiger partial charge in [0.05, 0.1) is 42.5 Å². The number of amides is 1. The fourth-order valence-corrected chi connectivity index (χ4v) is 7.18. The number of hydrogen-bond donors (Lipinski definition) is 2. The first-order valence-electron chi connectivity index (χ1n) is 13.8. The molecule has 0 bridgehead atoms. The second-order valence-corrected chi connectivity index (χ2v) is 14.9. The van der Waals surface area contributed by atoms with Gasteiger partial charge in [-0.25, -0.2) is 16.8 Å². The Morgan fingerprint density at radius 1 is 1.07 bits per heavy atom. The average molecular weight is 666 g/mol. The normalized spacial score (nSPS) is 18.4. The summed E-state index contributed by atoms with van der Waals surface area (Å²) in [5, 5.41) is 10.3. The highest BCUT2D eigenvalue weighted by Crippen LogP contribution is 2.31. The Balaban J connectivity index is 1.67. The molecule has 0 aromatic heterocycles. The number of anilines is 1. The molecule has 1 amide bonds. The van der Waals surface area contributed by atoms with Crippen molar-refractivity contribution in [1.82, 2.24) is 9.21 Å². The molecule has 44 heavy (non-hydrogen) atoms. The Bertz CT molecular complexity index is 1680. The van der Waals surface area contributed by atoms with E-state index < -0.39 is 32.2 Å². The van der Waals surface area contributed by atoms with Gasteiger partial charge in [-0.05, 0) is 73.7 Å². The Morgan fingerprint density at radius 3 is 2.32 bits per heavy atom. The molecule has 1 aliphatic rings. The van der Waals surface area contributed by atoms with Gasteiger partial charge < -0.3 is 19.5 Å². The molecule has 0 saturated carbocycles. The van der Waals surface area contributed by atoms with Crippen LogP contribution in [-0.2, 0) is 31.3 Å². The Labute approximate surface area is 263 Å². The van der Waals surface area contributed by atoms with E-state index in [2.05, 4.69) is 4.72 Å². The van der Waals surface area contributed by atoms with E-state index in [0.717, 1.165) is 0 Å². The third kappa shape index (κ3) is 7.64. The first-order valence-corrected chi connectivity index (χ1v) is 17.1. The molecule has 2 N–H and O–H groups in total. The highest BCUT2D eigenvalue weighted by molar-refractivity contribution is 7.92. The number of fused-ring (bicyclic) bond motifs is 1. The quantitative estimate of drug-likeness (QED) is 0.335. The van der Waals surface area contributed by atoms with Crippen molar-refractivity contribution < 1.29 is 36.2 Å². The number of hydrogen-bond acceptors (Lipinski definition) is 8. The summed E-state index contributed by atoms with van der Waals surface area (Å²) < 4.78 is 68.1. The summed E-state index contributed by atoms with van der Waals surface area (Å²) in [7, 11) is -4.92. The van der Waals surface area contributed by atoms with E-state index in [1.807, 2.05) is 6.92 Å². The molecule has 3 atom stereocenters. The molecule has 238 valence electrons. The first-order chi connectivity index (χ1) is 20.7. The van der Waals surface area contributed by atoms with Crippen molar-refractivity contribution in [1.29, 1.82) is 0 Å². The summed E-state index contributed by atoms with van der Waals surface area (Å²) in [5.41, 5.74) is 0.612. The molecular formula is C30H36ClN3O8S2. The molecule has 0 spiro atoms. The molecule has 14 heteroatoms. The number of aliphatic hydroxyl groups is 1. The summed E-state index contributed by atoms with van der Waals surface area (Å²) in [4.78, 5) is 15.1. The summed E-state index contributed by atoms with van der Waals surface area (Å²) >= 11 is 5.90. The first kappa shape index (κ1) is 33.5. The molecule has 0 unspecified atom stereocenters. The standard InChI is InChI=1S/C30H36ClN3O8S2/c1-20-17-34(21(2)19-35)30(36)16-22-15-24(32-43(37,38)26-10-5-23(31)6-11-26)7-14-28(22)42-29(20)18-33(3)44(39,40)27-12-8-25(41-4)9-13-27/h5-15,20-21,29,32,35H,16-19H2,1-4H3/t20-,21-,29+/m1/s1. The van der Waals surface area contributed by atoms with Crippen LogP contribution in [0.1, 0.15) is 19.4 Å². The van der Waals surface area contributed by atoms with Gasteiger partial charge in [-0.1, -0.05) is 18.5 Å². The predicted octanol–water partition coefficient (Wildman–Crippen LogP) is 3.62. The van der Waals surface area contributed by atoms with E-state index in [4.69, 9.17) is 21.1 Å². The van der Waals surface area contributed by atoms with Crippen molar-refractivity contribution in [2.24, 2.45) is 5.92 Å². The topological polar surface area (TPSA) is 143 Å². The van der Waals surface area contributed by atoms with Crippen molar-refractivity contribution in [3.8, 4) is 11.5 Å². The van der Waals surface area contributed by atoms with Crippen LogP contribution in [0.15, 0.2) is 76.5 Å². The number of aliphatic hydroxyl groups excluding tert-OH is 1. The zero-order chi connectivity index (χ0) is 32.2. The van der Waals surface area contributed by atoms with Crippen molar-refractivity contribution in [2.75, 3.05) is 38.6 Å². The van der Waals surface area contributed by atoms with Crippen LogP contribution in [-0.4, -0.2) is 83.1 Å². The van der Waals surface area contributed by atoms with E-state index in [-0.39, 0.29) is 53.4 Å². The van der Waals surface area contributed by atoms with Crippen LogP contribution in [0, 0.1) is 5.92 Å². The molecule has 0 radical (unpaired) electrons. The lowest BCUT2D eigenvalue weighted by Gasteiger charge is -2.33. The predicted molar refractivity (Wildman–Crippen MR) is 167 cm³/mol. The monoisotopic (exact) mass is 665 g/mol. The number of benzene rings is 3. The fourth-order valence-electron chi connectivity index (χ4n) is 4.82. The van der Waals surface area contributed by atoms with Crippen LogP contribution in [0.4, 0.5) is 5.69 Å². The van der Waals surface area contributed by atoms with E-state index in [9.17, 15) is 26.7 Å². The molecule has 11 nitrogen and oxygen atoms in total. The van der Waals surface area contributed by atoms with Crippen LogP contribution in [0.5, 0.6) is 11.5 Å². The summed E-state index contributed by atoms with van der Waals surface area (Å²) in [6, 6.07) is 15.8. The highest BCUT2D eigenvalue weighted by Gasteiger charge is 2.33. The molecule has 1 aliphatic heterocycles. The average Bonchev–Trinajstić information content (AvgIpc) is 3.04. The van der Waals surface area contributed by atoms with Crippen LogP contribution < -0.4 is 14.2 Å². The molecule has 4 rings (SSSR count). The van der Waals surface area contributed by atoms with Crippen molar-refractivity contribution in [3.05, 3.63) is 77.3 Å². The van der Waals surface area contributed by atoms with Crippen LogP contribution >= 0.6 is 11.6 Å². The fraction of sp³-hybridized carbons (Fsp3) is 0.367. The molecule has 0 fully saturated rings. The maximum absolute atomic E-state index is 13.5. The lowest BCUT2D eigenvalue weighted by atomic mass is 10.0. The van der Waals surface area contributed by atoms with Gasteiger partial charge in [-0.2, -0.15) is 4.31 Å². The Morgan fingerprint density at radius 2 is 1.70 bits per heavy atom. The minimum absolute atomic E-state index is 0.00992. The number of halogens is 1. The number of carbonyl (C=O) groups excluding carboxylic acids is 1. The Kier molecular flexibility index (Phi) is 10.5. The second-order valence-electron chi connectivity index (χ2n) is 10.7. The lowest BCUT2D eigenvalue weighted by molar-refractivity contribution is -0.134. The van der Waals surface area contributed by atoms with Crippen LogP contribution in [0.25, 0.3) is 0 Å². The number of carbonyl (C=O) groups is 1. The molecule has 3 aromatic carbocycles. The summed E-state index contributed by atoms with van der Waals surface area (Å²) in [6.07, 6.45) is -0.835. The van der Waals surface area contributed by atoms with Crippen LogP contribution in [0.2, 0.25) is 5.02 Å². The van der Waals surface area contributed by atoms with Gasteiger partial charge in [0.1, 0.15) is 17.6 Å². The largest absolute Gasteiger partial charge is 0.497 e. The number of sulfonamides is 2. The SMILES string of the molecule is COc1ccc(S(=O)(=O)N(C)C[C@@H]2Oc3ccc(NS(=O)(=O)c4ccc(Cl)cc4)cc3CC(=O)N([C@H](C)CO)C[C@H]2C)cc1. The van der Waals surface area contributed by atoms with Gasteiger partial charge in [-0.15, -0.1) is 0 Å². The smallest absolute Gasteiger partial charge is 0.261 e. The number of rotatable bonds is 10. The van der Waals surface area contributed by atoms with Crippen LogP contribution in [0.3, 0.4) is 0 Å². The molecule has 1 heterocycles. The molecule has 3 aromatic rings.